The van der Waals surface area contributed by atoms with Crippen molar-refractivity contribution in [1.29, 1.82) is 0 Å². The molecule has 106 valence electrons. The molecular formula is C15H24ClN3. The molecule has 0 saturated carbocycles. The van der Waals surface area contributed by atoms with Gasteiger partial charge in [-0.05, 0) is 25.5 Å². The molecule has 0 radical (unpaired) electrons. The van der Waals surface area contributed by atoms with Crippen LogP contribution in [0.5, 0.6) is 0 Å². The van der Waals surface area contributed by atoms with Crippen molar-refractivity contribution >= 4 is 17.3 Å². The van der Waals surface area contributed by atoms with Gasteiger partial charge in [-0.25, -0.2) is 0 Å². The van der Waals surface area contributed by atoms with Crippen LogP contribution in [0.3, 0.4) is 0 Å². The van der Waals surface area contributed by atoms with E-state index in [4.69, 9.17) is 17.3 Å². The molecule has 1 aliphatic heterocycles. The number of nitrogens with zero attached hydrogens (tertiary/aromatic N) is 2. The molecule has 1 fully saturated rings. The maximum Gasteiger partial charge on any atom is 0.0639 e. The summed E-state index contributed by atoms with van der Waals surface area (Å²) in [5.41, 5.74) is 7.22. The normalized spacial score (nSPS) is 20.3. The summed E-state index contributed by atoms with van der Waals surface area (Å²) in [7, 11) is 0. The van der Waals surface area contributed by atoms with E-state index in [1.54, 1.807) is 0 Å². The van der Waals surface area contributed by atoms with E-state index in [0.717, 1.165) is 49.9 Å². The number of benzene rings is 1. The van der Waals surface area contributed by atoms with Gasteiger partial charge in [-0.3, -0.25) is 4.90 Å². The van der Waals surface area contributed by atoms with Crippen LogP contribution in [-0.4, -0.2) is 43.2 Å². The highest BCUT2D eigenvalue weighted by molar-refractivity contribution is 6.33. The zero-order valence-corrected chi connectivity index (χ0v) is 12.7. The highest BCUT2D eigenvalue weighted by atomic mass is 35.5. The Hall–Kier alpha value is -0.770. The van der Waals surface area contributed by atoms with Crippen LogP contribution in [0.4, 0.5) is 5.69 Å². The predicted molar refractivity (Wildman–Crippen MR) is 83.0 cm³/mol. The van der Waals surface area contributed by atoms with Gasteiger partial charge in [0, 0.05) is 38.3 Å². The molecule has 0 amide bonds. The van der Waals surface area contributed by atoms with Gasteiger partial charge in [-0.15, -0.1) is 0 Å². The van der Waals surface area contributed by atoms with E-state index in [9.17, 15) is 0 Å². The van der Waals surface area contributed by atoms with Crippen LogP contribution < -0.4 is 10.6 Å². The lowest BCUT2D eigenvalue weighted by molar-refractivity contribution is 0.0988. The average molecular weight is 282 g/mol. The molecule has 0 aromatic heterocycles. The molecule has 1 atom stereocenters. The molecule has 1 saturated heterocycles. The maximum atomic E-state index is 6.26. The summed E-state index contributed by atoms with van der Waals surface area (Å²) in [5.74, 6) is 0. The molecule has 1 aliphatic rings. The summed E-state index contributed by atoms with van der Waals surface area (Å²) in [4.78, 5) is 4.88. The fraction of sp³-hybridized carbons (Fsp3) is 0.600. The third-order valence-corrected chi connectivity index (χ3v) is 4.76. The smallest absolute Gasteiger partial charge is 0.0639 e. The zero-order chi connectivity index (χ0) is 13.9. The number of hydrogen-bond acceptors (Lipinski definition) is 3. The lowest BCUT2D eigenvalue weighted by atomic mass is 9.95. The number of anilines is 1. The molecule has 1 aromatic rings. The molecule has 1 aromatic carbocycles. The summed E-state index contributed by atoms with van der Waals surface area (Å²) in [6, 6.07) is 8.08. The van der Waals surface area contributed by atoms with E-state index in [-0.39, 0.29) is 5.54 Å². The van der Waals surface area contributed by atoms with Crippen LogP contribution in [0.1, 0.15) is 20.3 Å². The van der Waals surface area contributed by atoms with Crippen LogP contribution in [0.25, 0.3) is 0 Å². The largest absolute Gasteiger partial charge is 0.368 e. The average Bonchev–Trinajstić information content (AvgIpc) is 2.47. The van der Waals surface area contributed by atoms with Crippen molar-refractivity contribution < 1.29 is 0 Å². The second kappa shape index (κ2) is 6.12. The summed E-state index contributed by atoms with van der Waals surface area (Å²) in [6.07, 6.45) is 1.09. The number of rotatable bonds is 4. The molecule has 0 aliphatic carbocycles. The fourth-order valence-electron chi connectivity index (χ4n) is 2.69. The first-order valence-corrected chi connectivity index (χ1v) is 7.43. The molecule has 2 rings (SSSR count). The first-order valence-electron chi connectivity index (χ1n) is 7.05. The first kappa shape index (κ1) is 14.6. The van der Waals surface area contributed by atoms with Crippen molar-refractivity contribution in [3.63, 3.8) is 0 Å². The Morgan fingerprint density at radius 2 is 1.84 bits per heavy atom. The highest BCUT2D eigenvalue weighted by Crippen LogP contribution is 2.28. The lowest BCUT2D eigenvalue weighted by Gasteiger charge is -2.45. The SMILES string of the molecule is CCC(C)(CN)N1CCN(c2ccccc2Cl)CC1. The van der Waals surface area contributed by atoms with E-state index in [1.807, 2.05) is 18.2 Å². The van der Waals surface area contributed by atoms with Crippen molar-refractivity contribution in [3.8, 4) is 0 Å². The summed E-state index contributed by atoms with van der Waals surface area (Å²) in [5, 5.41) is 0.841. The number of hydrogen-bond donors (Lipinski definition) is 1. The summed E-state index contributed by atoms with van der Waals surface area (Å²) >= 11 is 6.26. The first-order chi connectivity index (χ1) is 9.10. The van der Waals surface area contributed by atoms with E-state index in [1.165, 1.54) is 0 Å². The van der Waals surface area contributed by atoms with Gasteiger partial charge in [0.05, 0.1) is 10.7 Å². The fourth-order valence-corrected chi connectivity index (χ4v) is 2.95. The van der Waals surface area contributed by atoms with Gasteiger partial charge in [0.2, 0.25) is 0 Å². The standard InChI is InChI=1S/C15H24ClN3/c1-3-15(2,12-17)19-10-8-18(9-11-19)14-7-5-4-6-13(14)16/h4-7H,3,8-12,17H2,1-2H3. The highest BCUT2D eigenvalue weighted by Gasteiger charge is 2.31. The monoisotopic (exact) mass is 281 g/mol. The van der Waals surface area contributed by atoms with Crippen molar-refractivity contribution in [2.45, 2.75) is 25.8 Å². The number of halogens is 1. The maximum absolute atomic E-state index is 6.26. The molecule has 2 N–H and O–H groups in total. The van der Waals surface area contributed by atoms with E-state index in [0.29, 0.717) is 0 Å². The molecule has 0 bridgehead atoms. The molecule has 4 heteroatoms. The molecule has 0 spiro atoms. The van der Waals surface area contributed by atoms with Crippen LogP contribution in [-0.2, 0) is 0 Å². The van der Waals surface area contributed by atoms with E-state index >= 15 is 0 Å². The van der Waals surface area contributed by atoms with Gasteiger partial charge in [-0.2, -0.15) is 0 Å². The Labute approximate surface area is 121 Å². The minimum Gasteiger partial charge on any atom is -0.368 e. The van der Waals surface area contributed by atoms with Crippen molar-refractivity contribution in [3.05, 3.63) is 29.3 Å². The molecule has 1 heterocycles. The molecule has 19 heavy (non-hydrogen) atoms. The Balaban J connectivity index is 2.02. The van der Waals surface area contributed by atoms with Gasteiger partial charge in [-0.1, -0.05) is 30.7 Å². The Kier molecular flexibility index (Phi) is 4.71. The van der Waals surface area contributed by atoms with Gasteiger partial charge >= 0.3 is 0 Å². The Morgan fingerprint density at radius 1 is 1.21 bits per heavy atom. The van der Waals surface area contributed by atoms with E-state index in [2.05, 4.69) is 29.7 Å². The third-order valence-electron chi connectivity index (χ3n) is 4.44. The van der Waals surface area contributed by atoms with Crippen LogP contribution in [0, 0.1) is 0 Å². The second-order valence-corrected chi connectivity index (χ2v) is 5.89. The van der Waals surface area contributed by atoms with Crippen LogP contribution >= 0.6 is 11.6 Å². The zero-order valence-electron chi connectivity index (χ0n) is 11.9. The number of nitrogens with two attached hydrogens (primary N) is 1. The number of piperazine rings is 1. The minimum atomic E-state index is 0.132. The predicted octanol–water partition coefficient (Wildman–Crippen LogP) is 2.59. The van der Waals surface area contributed by atoms with Crippen LogP contribution in [0.15, 0.2) is 24.3 Å². The third kappa shape index (κ3) is 3.04. The van der Waals surface area contributed by atoms with E-state index < -0.39 is 0 Å². The van der Waals surface area contributed by atoms with Crippen molar-refractivity contribution in [2.75, 3.05) is 37.6 Å². The quantitative estimate of drug-likeness (QED) is 0.921. The van der Waals surface area contributed by atoms with Crippen LogP contribution in [0.2, 0.25) is 5.02 Å². The summed E-state index contributed by atoms with van der Waals surface area (Å²) < 4.78 is 0. The van der Waals surface area contributed by atoms with Crippen molar-refractivity contribution in [2.24, 2.45) is 5.73 Å². The van der Waals surface area contributed by atoms with Crippen molar-refractivity contribution in [1.82, 2.24) is 4.90 Å². The second-order valence-electron chi connectivity index (χ2n) is 5.48. The topological polar surface area (TPSA) is 32.5 Å². The lowest BCUT2D eigenvalue weighted by Crippen LogP contribution is -2.58. The van der Waals surface area contributed by atoms with Gasteiger partial charge < -0.3 is 10.6 Å². The molecular weight excluding hydrogens is 258 g/mol. The molecule has 1 unspecified atom stereocenters. The Bertz CT molecular complexity index is 410. The number of para-hydroxylation sites is 1. The molecule has 3 nitrogen and oxygen atoms in total. The Morgan fingerprint density at radius 3 is 2.37 bits per heavy atom. The summed E-state index contributed by atoms with van der Waals surface area (Å²) in [6.45, 7) is 9.32. The van der Waals surface area contributed by atoms with Gasteiger partial charge in [0.1, 0.15) is 0 Å². The minimum absolute atomic E-state index is 0.132. The van der Waals surface area contributed by atoms with Gasteiger partial charge in [0.25, 0.3) is 0 Å². The van der Waals surface area contributed by atoms with Gasteiger partial charge in [0.15, 0.2) is 0 Å².